The van der Waals surface area contributed by atoms with Gasteiger partial charge >= 0.3 is 0 Å². The van der Waals surface area contributed by atoms with E-state index in [1.54, 1.807) is 7.11 Å². The van der Waals surface area contributed by atoms with Crippen LogP contribution in [0.2, 0.25) is 0 Å². The number of carbonyl (C=O) groups is 1. The average Bonchev–Trinajstić information content (AvgIpc) is 3.05. The number of anilines is 1. The lowest BCUT2D eigenvalue weighted by atomic mass is 10.1. The molecule has 2 N–H and O–H groups in total. The monoisotopic (exact) mass is 368 g/mol. The molecule has 1 fully saturated rings. The summed E-state index contributed by atoms with van der Waals surface area (Å²) in [5, 5.41) is 0.943. The maximum atomic E-state index is 12.7. The molecule has 1 aromatic heterocycles. The number of ether oxygens (including phenoxy) is 1. The molecule has 2 heterocycles. The molecule has 0 bridgehead atoms. The fraction of sp³-hybridized carbons (Fsp3) is 0.400. The van der Waals surface area contributed by atoms with E-state index in [0.717, 1.165) is 34.1 Å². The quantitative estimate of drug-likeness (QED) is 0.903. The zero-order valence-electron chi connectivity index (χ0n) is 11.8. The fourth-order valence-corrected chi connectivity index (χ4v) is 4.65. The van der Waals surface area contributed by atoms with Crippen LogP contribution in [0.4, 0.5) is 5.69 Å². The molecule has 1 amide bonds. The van der Waals surface area contributed by atoms with Gasteiger partial charge in [-0.25, -0.2) is 0 Å². The van der Waals surface area contributed by atoms with Gasteiger partial charge in [-0.05, 0) is 18.6 Å². The number of amides is 1. The van der Waals surface area contributed by atoms with Gasteiger partial charge in [0.15, 0.2) is 0 Å². The Morgan fingerprint density at radius 1 is 1.57 bits per heavy atom. The molecule has 0 saturated carbocycles. The summed E-state index contributed by atoms with van der Waals surface area (Å²) in [6.45, 7) is 2.24. The number of rotatable bonds is 3. The maximum Gasteiger partial charge on any atom is 0.266 e. The first-order valence-corrected chi connectivity index (χ1v) is 8.47. The van der Waals surface area contributed by atoms with Gasteiger partial charge < -0.3 is 15.4 Å². The summed E-state index contributed by atoms with van der Waals surface area (Å²) in [5.74, 6) is 0.473. The number of nitrogens with two attached hydrogens (primary N) is 1. The number of benzene rings is 1. The van der Waals surface area contributed by atoms with Crippen molar-refractivity contribution in [1.29, 1.82) is 0 Å². The molecular formula is C15H17BrN2O2S. The molecule has 21 heavy (non-hydrogen) atoms. The minimum absolute atomic E-state index is 0.0409. The van der Waals surface area contributed by atoms with Gasteiger partial charge in [0.2, 0.25) is 0 Å². The SMILES string of the molecule is COCC1CCN(C(=O)c2sc3cccc(Br)c3c2N)C1. The Bertz CT molecular complexity index is 686. The van der Waals surface area contributed by atoms with Gasteiger partial charge in [-0.1, -0.05) is 22.0 Å². The van der Waals surface area contributed by atoms with E-state index in [1.807, 2.05) is 23.1 Å². The van der Waals surface area contributed by atoms with Gasteiger partial charge in [0.1, 0.15) is 4.88 Å². The summed E-state index contributed by atoms with van der Waals surface area (Å²) < 4.78 is 7.16. The number of likely N-dealkylation sites (tertiary alicyclic amines) is 1. The van der Waals surface area contributed by atoms with Crippen LogP contribution in [-0.4, -0.2) is 37.6 Å². The lowest BCUT2D eigenvalue weighted by Crippen LogP contribution is -2.29. The van der Waals surface area contributed by atoms with Crippen molar-refractivity contribution >= 4 is 48.9 Å². The highest BCUT2D eigenvalue weighted by molar-refractivity contribution is 9.10. The van der Waals surface area contributed by atoms with Crippen molar-refractivity contribution in [2.75, 3.05) is 32.5 Å². The van der Waals surface area contributed by atoms with Crippen molar-refractivity contribution in [2.45, 2.75) is 6.42 Å². The molecule has 2 aromatic rings. The molecule has 0 spiro atoms. The van der Waals surface area contributed by atoms with Crippen molar-refractivity contribution < 1.29 is 9.53 Å². The molecule has 1 atom stereocenters. The Morgan fingerprint density at radius 3 is 3.10 bits per heavy atom. The first-order valence-electron chi connectivity index (χ1n) is 6.86. The van der Waals surface area contributed by atoms with Gasteiger partial charge in [-0.3, -0.25) is 4.79 Å². The summed E-state index contributed by atoms with van der Waals surface area (Å²) in [6, 6.07) is 5.90. The van der Waals surface area contributed by atoms with Crippen molar-refractivity contribution in [3.63, 3.8) is 0 Å². The first kappa shape index (κ1) is 14.8. The van der Waals surface area contributed by atoms with E-state index < -0.39 is 0 Å². The van der Waals surface area contributed by atoms with Gasteiger partial charge in [0.25, 0.3) is 5.91 Å². The predicted octanol–water partition coefficient (Wildman–Crippen LogP) is 3.35. The highest BCUT2D eigenvalue weighted by atomic mass is 79.9. The summed E-state index contributed by atoms with van der Waals surface area (Å²) >= 11 is 4.98. The van der Waals surface area contributed by atoms with Crippen LogP contribution in [0.5, 0.6) is 0 Å². The molecule has 6 heteroatoms. The second kappa shape index (κ2) is 5.94. The van der Waals surface area contributed by atoms with E-state index in [4.69, 9.17) is 10.5 Å². The summed E-state index contributed by atoms with van der Waals surface area (Å²) in [4.78, 5) is 15.2. The summed E-state index contributed by atoms with van der Waals surface area (Å²) in [5.41, 5.74) is 6.80. The molecular weight excluding hydrogens is 352 g/mol. The third-order valence-corrected chi connectivity index (χ3v) is 5.69. The Balaban J connectivity index is 1.89. The lowest BCUT2D eigenvalue weighted by Gasteiger charge is -2.15. The highest BCUT2D eigenvalue weighted by Gasteiger charge is 2.29. The lowest BCUT2D eigenvalue weighted by molar-refractivity contribution is 0.0781. The molecule has 1 aliphatic heterocycles. The summed E-state index contributed by atoms with van der Waals surface area (Å²) in [7, 11) is 1.70. The number of methoxy groups -OCH3 is 1. The Hall–Kier alpha value is -1.11. The normalized spacial score (nSPS) is 18.6. The van der Waals surface area contributed by atoms with Crippen LogP contribution >= 0.6 is 27.3 Å². The van der Waals surface area contributed by atoms with Crippen molar-refractivity contribution in [2.24, 2.45) is 5.92 Å². The van der Waals surface area contributed by atoms with Gasteiger partial charge in [-0.2, -0.15) is 0 Å². The summed E-state index contributed by atoms with van der Waals surface area (Å²) in [6.07, 6.45) is 0.994. The Morgan fingerprint density at radius 2 is 2.38 bits per heavy atom. The number of hydrogen-bond donors (Lipinski definition) is 1. The van der Waals surface area contributed by atoms with Crippen LogP contribution in [0, 0.1) is 5.92 Å². The van der Waals surface area contributed by atoms with Crippen molar-refractivity contribution in [1.82, 2.24) is 4.90 Å². The van der Waals surface area contributed by atoms with Gasteiger partial charge in [0.05, 0.1) is 12.3 Å². The predicted molar refractivity (Wildman–Crippen MR) is 89.8 cm³/mol. The minimum Gasteiger partial charge on any atom is -0.397 e. The highest BCUT2D eigenvalue weighted by Crippen LogP contribution is 2.39. The first-order chi connectivity index (χ1) is 10.1. The molecule has 1 aromatic carbocycles. The third-order valence-electron chi connectivity index (χ3n) is 3.87. The van der Waals surface area contributed by atoms with Crippen LogP contribution < -0.4 is 5.73 Å². The van der Waals surface area contributed by atoms with Crippen molar-refractivity contribution in [3.8, 4) is 0 Å². The average molecular weight is 369 g/mol. The number of thiophene rings is 1. The Kier molecular flexibility index (Phi) is 4.19. The molecule has 1 unspecified atom stereocenters. The molecule has 3 rings (SSSR count). The molecule has 0 aliphatic carbocycles. The zero-order chi connectivity index (χ0) is 15.0. The van der Waals surface area contributed by atoms with E-state index in [-0.39, 0.29) is 5.91 Å². The molecule has 1 aliphatic rings. The van der Waals surface area contributed by atoms with Crippen molar-refractivity contribution in [3.05, 3.63) is 27.5 Å². The van der Waals surface area contributed by atoms with Crippen LogP contribution in [-0.2, 0) is 4.74 Å². The van der Waals surface area contributed by atoms with E-state index >= 15 is 0 Å². The van der Waals surface area contributed by atoms with Gasteiger partial charge in [0, 0.05) is 40.7 Å². The number of carbonyl (C=O) groups excluding carboxylic acids is 1. The number of nitrogens with zero attached hydrogens (tertiary/aromatic N) is 1. The van der Waals surface area contributed by atoms with Crippen LogP contribution in [0.15, 0.2) is 22.7 Å². The third kappa shape index (κ3) is 2.67. The smallest absolute Gasteiger partial charge is 0.266 e. The molecule has 0 radical (unpaired) electrons. The minimum atomic E-state index is 0.0409. The molecule has 1 saturated heterocycles. The van der Waals surface area contributed by atoms with E-state index in [1.165, 1.54) is 11.3 Å². The fourth-order valence-electron chi connectivity index (χ4n) is 2.82. The second-order valence-corrected chi connectivity index (χ2v) is 7.23. The van der Waals surface area contributed by atoms with Crippen LogP contribution in [0.25, 0.3) is 10.1 Å². The van der Waals surface area contributed by atoms with E-state index in [2.05, 4.69) is 15.9 Å². The second-order valence-electron chi connectivity index (χ2n) is 5.32. The number of nitrogen functional groups attached to an aromatic ring is 1. The standard InChI is InChI=1S/C15H17BrN2O2S/c1-20-8-9-5-6-18(7-9)15(19)14-13(17)12-10(16)3-2-4-11(12)21-14/h2-4,9H,5-8,17H2,1H3. The van der Waals surface area contributed by atoms with Gasteiger partial charge in [-0.15, -0.1) is 11.3 Å². The topological polar surface area (TPSA) is 55.6 Å². The van der Waals surface area contributed by atoms with E-state index in [9.17, 15) is 4.79 Å². The largest absolute Gasteiger partial charge is 0.397 e. The van der Waals surface area contributed by atoms with Crippen LogP contribution in [0.1, 0.15) is 16.1 Å². The number of hydrogen-bond acceptors (Lipinski definition) is 4. The number of halogens is 1. The zero-order valence-corrected chi connectivity index (χ0v) is 14.2. The maximum absolute atomic E-state index is 12.7. The number of fused-ring (bicyclic) bond motifs is 1. The Labute approximate surface area is 136 Å². The molecule has 112 valence electrons. The van der Waals surface area contributed by atoms with E-state index in [0.29, 0.717) is 23.1 Å². The van der Waals surface area contributed by atoms with Crippen LogP contribution in [0.3, 0.4) is 0 Å². The molecule has 4 nitrogen and oxygen atoms in total.